The van der Waals surface area contributed by atoms with Gasteiger partial charge in [-0.3, -0.25) is 4.90 Å². The number of thiazole rings is 1. The van der Waals surface area contributed by atoms with Crippen LogP contribution in [0.15, 0.2) is 41.9 Å². The van der Waals surface area contributed by atoms with Crippen molar-refractivity contribution in [2.45, 2.75) is 19.1 Å². The topological polar surface area (TPSA) is 89.0 Å². The normalized spacial score (nSPS) is 15.1. The summed E-state index contributed by atoms with van der Waals surface area (Å²) >= 11 is 7.51. The average Bonchev–Trinajstić information content (AvgIpc) is 3.32. The fraction of sp³-hybridized carbons (Fsp3) is 0.227. The molecule has 4 rings (SSSR count). The van der Waals surface area contributed by atoms with Gasteiger partial charge in [0.15, 0.2) is 18.2 Å². The van der Waals surface area contributed by atoms with Crippen molar-refractivity contribution >= 4 is 35.0 Å². The zero-order valence-corrected chi connectivity index (χ0v) is 18.5. The number of fused-ring (bicyclic) bond motifs is 1. The maximum absolute atomic E-state index is 14.6. The van der Waals surface area contributed by atoms with Crippen LogP contribution in [0.5, 0.6) is 5.75 Å². The Labute approximate surface area is 196 Å². The monoisotopic (exact) mass is 494 g/mol. The highest BCUT2D eigenvalue weighted by Gasteiger charge is 2.37. The van der Waals surface area contributed by atoms with E-state index in [2.05, 4.69) is 4.98 Å². The zero-order valence-electron chi connectivity index (χ0n) is 17.0. The third kappa shape index (κ3) is 4.91. The number of amides is 1. The van der Waals surface area contributed by atoms with Crippen molar-refractivity contribution in [3.05, 3.63) is 80.3 Å². The summed E-state index contributed by atoms with van der Waals surface area (Å²) < 4.78 is 39.4. The molecule has 0 aliphatic carbocycles. The maximum atomic E-state index is 14.6. The summed E-state index contributed by atoms with van der Waals surface area (Å²) in [6.45, 7) is -0.664. The van der Waals surface area contributed by atoms with E-state index in [4.69, 9.17) is 26.2 Å². The highest BCUT2D eigenvalue weighted by Crippen LogP contribution is 2.42. The summed E-state index contributed by atoms with van der Waals surface area (Å²) in [5, 5.41) is 11.7. The number of carboxylic acids is 1. The molecule has 33 heavy (non-hydrogen) atoms. The van der Waals surface area contributed by atoms with E-state index in [1.54, 1.807) is 11.6 Å². The second-order valence-corrected chi connectivity index (χ2v) is 8.54. The van der Waals surface area contributed by atoms with Gasteiger partial charge in [0.25, 0.3) is 0 Å². The number of aliphatic carboxylic acids is 1. The molecule has 3 aromatic rings. The molecule has 0 fully saturated rings. The first kappa shape index (κ1) is 22.9. The van der Waals surface area contributed by atoms with Crippen molar-refractivity contribution in [2.75, 3.05) is 13.2 Å². The van der Waals surface area contributed by atoms with E-state index in [0.29, 0.717) is 21.2 Å². The van der Waals surface area contributed by atoms with E-state index in [-0.39, 0.29) is 30.9 Å². The van der Waals surface area contributed by atoms with Gasteiger partial charge in [0.2, 0.25) is 0 Å². The predicted molar refractivity (Wildman–Crippen MR) is 115 cm³/mol. The molecule has 0 spiro atoms. The van der Waals surface area contributed by atoms with E-state index < -0.39 is 36.3 Å². The number of ether oxygens (including phenoxy) is 2. The summed E-state index contributed by atoms with van der Waals surface area (Å²) in [7, 11) is 0. The highest BCUT2D eigenvalue weighted by atomic mass is 35.5. The smallest absolute Gasteiger partial charge is 0.410 e. The first-order valence-electron chi connectivity index (χ1n) is 9.77. The number of carbonyl (C=O) groups is 2. The first-order chi connectivity index (χ1) is 15.8. The van der Waals surface area contributed by atoms with Crippen LogP contribution in [0, 0.1) is 11.6 Å². The van der Waals surface area contributed by atoms with Crippen molar-refractivity contribution in [1.82, 2.24) is 9.88 Å². The molecule has 0 radical (unpaired) electrons. The van der Waals surface area contributed by atoms with Gasteiger partial charge in [-0.1, -0.05) is 17.7 Å². The molecule has 1 amide bonds. The minimum absolute atomic E-state index is 0.0274. The summed E-state index contributed by atoms with van der Waals surface area (Å²) in [6, 6.07) is 5.89. The van der Waals surface area contributed by atoms with E-state index in [9.17, 15) is 18.4 Å². The molecule has 1 atom stereocenters. The van der Waals surface area contributed by atoms with Crippen LogP contribution in [0.25, 0.3) is 0 Å². The Morgan fingerprint density at radius 2 is 2.06 bits per heavy atom. The Kier molecular flexibility index (Phi) is 6.75. The Hall–Kier alpha value is -3.24. The van der Waals surface area contributed by atoms with E-state index >= 15 is 0 Å². The summed E-state index contributed by atoms with van der Waals surface area (Å²) in [5.41, 5.74) is 0.767. The molecule has 7 nitrogen and oxygen atoms in total. The van der Waals surface area contributed by atoms with Crippen molar-refractivity contribution in [3.8, 4) is 5.75 Å². The minimum Gasteiger partial charge on any atom is -0.482 e. The van der Waals surface area contributed by atoms with Crippen LogP contribution in [0.4, 0.5) is 13.6 Å². The number of hydrogen-bond donors (Lipinski definition) is 1. The Morgan fingerprint density at radius 3 is 2.79 bits per heavy atom. The first-order valence-corrected chi connectivity index (χ1v) is 11.0. The largest absolute Gasteiger partial charge is 0.482 e. The van der Waals surface area contributed by atoms with Crippen LogP contribution >= 0.6 is 22.9 Å². The van der Waals surface area contributed by atoms with Crippen molar-refractivity contribution < 1.29 is 33.0 Å². The van der Waals surface area contributed by atoms with Gasteiger partial charge in [0.05, 0.1) is 6.04 Å². The molecule has 1 aliphatic rings. The lowest BCUT2D eigenvalue weighted by atomic mass is 9.87. The van der Waals surface area contributed by atoms with Crippen LogP contribution in [0.2, 0.25) is 5.02 Å². The molecular weight excluding hydrogens is 478 g/mol. The lowest BCUT2D eigenvalue weighted by molar-refractivity contribution is -0.139. The van der Waals surface area contributed by atoms with Crippen molar-refractivity contribution in [1.29, 1.82) is 0 Å². The molecule has 1 aliphatic heterocycles. The molecule has 172 valence electrons. The van der Waals surface area contributed by atoms with E-state index in [1.165, 1.54) is 40.5 Å². The third-order valence-corrected chi connectivity index (χ3v) is 6.08. The second kappa shape index (κ2) is 9.72. The van der Waals surface area contributed by atoms with Gasteiger partial charge in [-0.15, -0.1) is 11.3 Å². The molecule has 1 N–H and O–H groups in total. The number of carbonyl (C=O) groups excluding carboxylic acids is 1. The van der Waals surface area contributed by atoms with Gasteiger partial charge in [0.1, 0.15) is 17.4 Å². The number of hydrogen-bond acceptors (Lipinski definition) is 6. The van der Waals surface area contributed by atoms with Crippen LogP contribution in [0.3, 0.4) is 0 Å². The fourth-order valence-corrected chi connectivity index (χ4v) is 4.42. The molecule has 0 saturated heterocycles. The average molecular weight is 495 g/mol. The molecule has 0 unspecified atom stereocenters. The molecule has 0 bridgehead atoms. The number of halogens is 3. The highest BCUT2D eigenvalue weighted by molar-refractivity contribution is 7.09. The standard InChI is InChI=1S/C22H17ClF2N2O5S/c23-12-1-4-17(31-11-19(28)29)15(9-12)21-14-2-3-16(24)20(25)13(14)5-7-27(21)22(30)32-10-18-26-6-8-33-18/h1-4,6,8-9,21H,5,7,10-11H2,(H,28,29)/t21-/m0/s1. The number of aromatic nitrogens is 1. The molecule has 1 aromatic heterocycles. The van der Waals surface area contributed by atoms with Crippen LogP contribution in [-0.2, 0) is 22.6 Å². The summed E-state index contributed by atoms with van der Waals surface area (Å²) in [6.07, 6.45) is 0.950. The molecular formula is C22H17ClF2N2O5S. The quantitative estimate of drug-likeness (QED) is 0.528. The molecule has 2 heterocycles. The van der Waals surface area contributed by atoms with Gasteiger partial charge in [0, 0.05) is 28.7 Å². The summed E-state index contributed by atoms with van der Waals surface area (Å²) in [5.74, 6) is -3.06. The zero-order chi connectivity index (χ0) is 23.5. The number of rotatable bonds is 6. The lowest BCUT2D eigenvalue weighted by Crippen LogP contribution is -2.41. The maximum Gasteiger partial charge on any atom is 0.410 e. The SMILES string of the molecule is O=C(O)COc1ccc(Cl)cc1[C@@H]1c2ccc(F)c(F)c2CCN1C(=O)OCc1nccs1. The van der Waals surface area contributed by atoms with Crippen LogP contribution in [-0.4, -0.2) is 40.2 Å². The molecule has 2 aromatic carbocycles. The van der Waals surface area contributed by atoms with Crippen LogP contribution < -0.4 is 4.74 Å². The van der Waals surface area contributed by atoms with Gasteiger partial charge < -0.3 is 14.6 Å². The van der Waals surface area contributed by atoms with Crippen molar-refractivity contribution in [3.63, 3.8) is 0 Å². The lowest BCUT2D eigenvalue weighted by Gasteiger charge is -2.37. The summed E-state index contributed by atoms with van der Waals surface area (Å²) in [4.78, 5) is 29.5. The number of benzene rings is 2. The van der Waals surface area contributed by atoms with Crippen molar-refractivity contribution in [2.24, 2.45) is 0 Å². The minimum atomic E-state index is -1.20. The number of nitrogens with zero attached hydrogens (tertiary/aromatic N) is 2. The van der Waals surface area contributed by atoms with Gasteiger partial charge in [-0.25, -0.2) is 23.4 Å². The predicted octanol–water partition coefficient (Wildman–Crippen LogP) is 4.82. The van der Waals surface area contributed by atoms with Gasteiger partial charge in [-0.2, -0.15) is 0 Å². The molecule has 0 saturated carbocycles. The Bertz CT molecular complexity index is 1190. The van der Waals surface area contributed by atoms with Gasteiger partial charge >= 0.3 is 12.1 Å². The second-order valence-electron chi connectivity index (χ2n) is 7.12. The third-order valence-electron chi connectivity index (χ3n) is 5.10. The Balaban J connectivity index is 1.76. The number of carboxylic acid groups (broad SMARTS) is 1. The molecule has 11 heteroatoms. The van der Waals surface area contributed by atoms with Gasteiger partial charge in [-0.05, 0) is 41.8 Å². The fourth-order valence-electron chi connectivity index (χ4n) is 3.71. The van der Waals surface area contributed by atoms with E-state index in [0.717, 1.165) is 6.07 Å². The Morgan fingerprint density at radius 1 is 1.24 bits per heavy atom. The van der Waals surface area contributed by atoms with Crippen LogP contribution in [0.1, 0.15) is 27.7 Å². The van der Waals surface area contributed by atoms with E-state index in [1.807, 2.05) is 0 Å².